The number of anilines is 1. The predicted octanol–water partition coefficient (Wildman–Crippen LogP) is 5.01. The van der Waals surface area contributed by atoms with Crippen molar-refractivity contribution in [1.82, 2.24) is 19.9 Å². The van der Waals surface area contributed by atoms with E-state index in [1.165, 1.54) is 11.1 Å². The Kier molecular flexibility index (Phi) is 8.95. The first-order valence-corrected chi connectivity index (χ1v) is 15.3. The van der Waals surface area contributed by atoms with E-state index < -0.39 is 5.79 Å². The van der Waals surface area contributed by atoms with Crippen LogP contribution in [0.1, 0.15) is 37.4 Å². The van der Waals surface area contributed by atoms with E-state index in [1.54, 1.807) is 13.4 Å². The van der Waals surface area contributed by atoms with Gasteiger partial charge in [-0.1, -0.05) is 42.5 Å². The SMILES string of the molecule is COc1ccc(CN(C)c2ncnc3c2ccn3[C@@H]2C[C@H](COCCNCCc3ccccc3)[C@H]3OC(C)(C)O[C@H]32)cc1. The molecule has 6 rings (SSSR count). The lowest BCUT2D eigenvalue weighted by Crippen LogP contribution is -2.29. The zero-order valence-electron chi connectivity index (χ0n) is 25.6. The van der Waals surface area contributed by atoms with Crippen molar-refractivity contribution >= 4 is 16.9 Å². The van der Waals surface area contributed by atoms with Crippen LogP contribution in [0.2, 0.25) is 0 Å². The minimum Gasteiger partial charge on any atom is -0.497 e. The molecule has 9 nitrogen and oxygen atoms in total. The van der Waals surface area contributed by atoms with Crippen molar-refractivity contribution in [2.24, 2.45) is 5.92 Å². The Hall–Kier alpha value is -3.50. The van der Waals surface area contributed by atoms with Gasteiger partial charge in [0.1, 0.15) is 29.6 Å². The smallest absolute Gasteiger partial charge is 0.163 e. The lowest BCUT2D eigenvalue weighted by atomic mass is 10.1. The van der Waals surface area contributed by atoms with Crippen molar-refractivity contribution in [3.8, 4) is 5.75 Å². The molecule has 0 bridgehead atoms. The summed E-state index contributed by atoms with van der Waals surface area (Å²) in [5, 5.41) is 4.52. The van der Waals surface area contributed by atoms with Crippen LogP contribution in [0.25, 0.3) is 11.0 Å². The van der Waals surface area contributed by atoms with E-state index in [4.69, 9.17) is 23.9 Å². The molecule has 1 saturated heterocycles. The molecule has 0 spiro atoms. The van der Waals surface area contributed by atoms with E-state index in [2.05, 4.69) is 81.5 Å². The molecule has 4 atom stereocenters. The highest BCUT2D eigenvalue weighted by molar-refractivity contribution is 5.87. The van der Waals surface area contributed by atoms with E-state index in [0.717, 1.165) is 55.1 Å². The lowest BCUT2D eigenvalue weighted by Gasteiger charge is -2.25. The maximum absolute atomic E-state index is 6.49. The molecule has 1 N–H and O–H groups in total. The molecule has 2 aromatic heterocycles. The predicted molar refractivity (Wildman–Crippen MR) is 167 cm³/mol. The van der Waals surface area contributed by atoms with Crippen molar-refractivity contribution in [1.29, 1.82) is 0 Å². The molecular formula is C34H43N5O4. The maximum Gasteiger partial charge on any atom is 0.163 e. The van der Waals surface area contributed by atoms with Crippen LogP contribution in [0, 0.1) is 5.92 Å². The molecule has 2 aromatic carbocycles. The van der Waals surface area contributed by atoms with E-state index in [1.807, 2.05) is 26.0 Å². The Morgan fingerprint density at radius 2 is 1.77 bits per heavy atom. The summed E-state index contributed by atoms with van der Waals surface area (Å²) < 4.78 is 26.7. The molecule has 1 aliphatic carbocycles. The van der Waals surface area contributed by atoms with E-state index in [-0.39, 0.29) is 24.2 Å². The zero-order valence-corrected chi connectivity index (χ0v) is 25.6. The van der Waals surface area contributed by atoms with Crippen molar-refractivity contribution in [3.05, 3.63) is 84.3 Å². The third-order valence-electron chi connectivity index (χ3n) is 8.53. The fraction of sp³-hybridized carbons (Fsp3) is 0.471. The van der Waals surface area contributed by atoms with Gasteiger partial charge in [-0.15, -0.1) is 0 Å². The van der Waals surface area contributed by atoms with Crippen molar-refractivity contribution < 1.29 is 18.9 Å². The minimum atomic E-state index is -0.632. The average Bonchev–Trinajstić information content (AvgIpc) is 3.68. The van der Waals surface area contributed by atoms with E-state index in [0.29, 0.717) is 13.2 Å². The van der Waals surface area contributed by atoms with Crippen LogP contribution in [0.4, 0.5) is 5.82 Å². The average molecular weight is 586 g/mol. The second-order valence-corrected chi connectivity index (χ2v) is 12.1. The molecule has 2 aliphatic rings. The van der Waals surface area contributed by atoms with E-state index >= 15 is 0 Å². The Bertz CT molecular complexity index is 1480. The number of nitrogens with one attached hydrogen (secondary N) is 1. The van der Waals surface area contributed by atoms with Gasteiger partial charge in [-0.05, 0) is 62.6 Å². The van der Waals surface area contributed by atoms with Crippen LogP contribution in [0.5, 0.6) is 5.75 Å². The summed E-state index contributed by atoms with van der Waals surface area (Å²) in [6.45, 7) is 7.79. The van der Waals surface area contributed by atoms with Crippen LogP contribution in [0.15, 0.2) is 73.2 Å². The molecule has 1 saturated carbocycles. The van der Waals surface area contributed by atoms with Gasteiger partial charge < -0.3 is 33.7 Å². The third-order valence-corrected chi connectivity index (χ3v) is 8.53. The lowest BCUT2D eigenvalue weighted by molar-refractivity contribution is -0.162. The van der Waals surface area contributed by atoms with E-state index in [9.17, 15) is 0 Å². The summed E-state index contributed by atoms with van der Waals surface area (Å²) >= 11 is 0. The van der Waals surface area contributed by atoms with Gasteiger partial charge in [0.05, 0.1) is 37.9 Å². The number of benzene rings is 2. The summed E-state index contributed by atoms with van der Waals surface area (Å²) in [6.07, 6.45) is 5.61. The van der Waals surface area contributed by atoms with Crippen molar-refractivity contribution in [3.63, 3.8) is 0 Å². The maximum atomic E-state index is 6.49. The first-order chi connectivity index (χ1) is 20.9. The molecular weight excluding hydrogens is 542 g/mol. The second kappa shape index (κ2) is 13.0. The van der Waals surface area contributed by atoms with Gasteiger partial charge in [0.25, 0.3) is 0 Å². The van der Waals surface area contributed by atoms with Crippen LogP contribution in [0.3, 0.4) is 0 Å². The van der Waals surface area contributed by atoms with Gasteiger partial charge in [0.2, 0.25) is 0 Å². The molecule has 3 heterocycles. The third kappa shape index (κ3) is 6.70. The monoisotopic (exact) mass is 585 g/mol. The van der Waals surface area contributed by atoms with Crippen molar-refractivity contribution in [2.45, 2.75) is 57.3 Å². The normalized spacial score (nSPS) is 22.6. The summed E-state index contributed by atoms with van der Waals surface area (Å²) in [5.41, 5.74) is 3.44. The molecule has 2 fully saturated rings. The summed E-state index contributed by atoms with van der Waals surface area (Å²) in [6, 6.07) is 20.9. The highest BCUT2D eigenvalue weighted by Gasteiger charge is 2.54. The summed E-state index contributed by atoms with van der Waals surface area (Å²) in [7, 11) is 3.75. The van der Waals surface area contributed by atoms with Gasteiger partial charge in [-0.25, -0.2) is 9.97 Å². The number of aromatic nitrogens is 3. The summed E-state index contributed by atoms with van der Waals surface area (Å²) in [5.74, 6) is 1.35. The quantitative estimate of drug-likeness (QED) is 0.220. The number of hydrogen-bond acceptors (Lipinski definition) is 8. The highest BCUT2D eigenvalue weighted by atomic mass is 16.8. The first kappa shape index (κ1) is 29.6. The Labute approximate surface area is 254 Å². The Balaban J connectivity index is 1.10. The number of methoxy groups -OCH3 is 1. The topological polar surface area (TPSA) is 82.9 Å². The number of ether oxygens (including phenoxy) is 4. The Morgan fingerprint density at radius 1 is 0.977 bits per heavy atom. The van der Waals surface area contributed by atoms with Gasteiger partial charge in [-0.2, -0.15) is 0 Å². The zero-order chi connectivity index (χ0) is 29.8. The molecule has 4 aromatic rings. The molecule has 0 unspecified atom stereocenters. The van der Waals surface area contributed by atoms with Crippen LogP contribution < -0.4 is 15.0 Å². The van der Waals surface area contributed by atoms with Gasteiger partial charge in [0.15, 0.2) is 5.79 Å². The van der Waals surface area contributed by atoms with Crippen LogP contribution in [-0.4, -0.2) is 73.0 Å². The molecule has 0 amide bonds. The second-order valence-electron chi connectivity index (χ2n) is 12.1. The van der Waals surface area contributed by atoms with Gasteiger partial charge >= 0.3 is 0 Å². The first-order valence-electron chi connectivity index (χ1n) is 15.3. The number of nitrogens with zero attached hydrogens (tertiary/aromatic N) is 4. The number of rotatable bonds is 13. The van der Waals surface area contributed by atoms with Crippen LogP contribution >= 0.6 is 0 Å². The molecule has 228 valence electrons. The van der Waals surface area contributed by atoms with Crippen molar-refractivity contribution in [2.75, 3.05) is 45.4 Å². The van der Waals surface area contributed by atoms with Gasteiger partial charge in [-0.3, -0.25) is 0 Å². The van der Waals surface area contributed by atoms with Crippen LogP contribution in [-0.2, 0) is 27.2 Å². The Morgan fingerprint density at radius 3 is 2.56 bits per heavy atom. The standard InChI is InChI=1S/C34H43N5O4/c1-34(2)42-30-26(22-41-19-17-35-16-14-24-8-6-5-7-9-24)20-29(31(30)43-34)39-18-15-28-32(36-23-37-33(28)39)38(3)21-25-10-12-27(40-4)13-11-25/h5-13,15,18,23,26,29-31,35H,14,16-17,19-22H2,1-4H3/t26-,29-,30-,31+/m1/s1. The fourth-order valence-corrected chi connectivity index (χ4v) is 6.48. The summed E-state index contributed by atoms with van der Waals surface area (Å²) in [4.78, 5) is 11.6. The number of hydrogen-bond donors (Lipinski definition) is 1. The highest BCUT2D eigenvalue weighted by Crippen LogP contribution is 2.48. The molecule has 43 heavy (non-hydrogen) atoms. The molecule has 1 aliphatic heterocycles. The molecule has 9 heteroatoms. The fourth-order valence-electron chi connectivity index (χ4n) is 6.48. The molecule has 0 radical (unpaired) electrons. The number of fused-ring (bicyclic) bond motifs is 2. The van der Waals surface area contributed by atoms with Gasteiger partial charge in [0, 0.05) is 32.3 Å². The largest absolute Gasteiger partial charge is 0.497 e. The minimum absolute atomic E-state index is 0.0254.